The molecular weight excluding hydrogens is 639 g/mol. The number of alkyl halides is 3. The number of fused-ring (bicyclic) bond motifs is 1. The van der Waals surface area contributed by atoms with Crippen LogP contribution in [-0.4, -0.2) is 50.6 Å². The molecule has 1 aliphatic rings. The highest BCUT2D eigenvalue weighted by atomic mass is 32.1. The van der Waals surface area contributed by atoms with Gasteiger partial charge in [0, 0.05) is 42.6 Å². The molecule has 2 unspecified atom stereocenters. The van der Waals surface area contributed by atoms with Crippen LogP contribution in [0.5, 0.6) is 0 Å². The van der Waals surface area contributed by atoms with Gasteiger partial charge in [-0.15, -0.1) is 0 Å². The molecule has 9 nitrogen and oxygen atoms in total. The number of rotatable bonds is 9. The number of pyridine rings is 1. The molecule has 4 heterocycles. The molecule has 0 bridgehead atoms. The molecule has 1 aliphatic heterocycles. The summed E-state index contributed by atoms with van der Waals surface area (Å²) in [4.78, 5) is 34.7. The Hall–Kier alpha value is -4.62. The molecule has 0 spiro atoms. The van der Waals surface area contributed by atoms with E-state index in [0.717, 1.165) is 56.7 Å². The van der Waals surface area contributed by atoms with E-state index >= 15 is 0 Å². The van der Waals surface area contributed by atoms with E-state index in [9.17, 15) is 23.1 Å². The summed E-state index contributed by atoms with van der Waals surface area (Å²) in [5.41, 5.74) is 1.51. The number of benzene rings is 2. The smallest absolute Gasteiger partial charge is 0.396 e. The van der Waals surface area contributed by atoms with Crippen molar-refractivity contribution < 1.29 is 23.1 Å². The van der Waals surface area contributed by atoms with Crippen LogP contribution in [0.25, 0.3) is 21.6 Å². The van der Waals surface area contributed by atoms with E-state index in [2.05, 4.69) is 27.4 Å². The first-order chi connectivity index (χ1) is 23.1. The van der Waals surface area contributed by atoms with Crippen LogP contribution in [0, 0.1) is 18.8 Å². The summed E-state index contributed by atoms with van der Waals surface area (Å²) in [7, 11) is 0. The fourth-order valence-electron chi connectivity index (χ4n) is 6.07. The van der Waals surface area contributed by atoms with Crippen molar-refractivity contribution in [2.45, 2.75) is 45.7 Å². The van der Waals surface area contributed by atoms with Crippen LogP contribution in [0.3, 0.4) is 0 Å². The number of anilines is 4. The summed E-state index contributed by atoms with van der Waals surface area (Å²) < 4.78 is 39.3. The van der Waals surface area contributed by atoms with Gasteiger partial charge in [0.05, 0.1) is 11.3 Å². The fraction of sp³-hybridized carbons (Fsp3) is 0.343. The van der Waals surface area contributed by atoms with E-state index in [0.29, 0.717) is 50.2 Å². The van der Waals surface area contributed by atoms with Crippen molar-refractivity contribution in [2.75, 3.05) is 35.2 Å². The zero-order valence-electron chi connectivity index (χ0n) is 26.6. The van der Waals surface area contributed by atoms with E-state index in [4.69, 9.17) is 15.0 Å². The number of aliphatic hydroxyl groups excluding tert-OH is 1. The minimum atomic E-state index is -4.51. The number of aliphatic hydroxyl groups is 1. The Balaban J connectivity index is 1.16. The zero-order chi connectivity index (χ0) is 33.8. The van der Waals surface area contributed by atoms with E-state index < -0.39 is 17.6 Å². The Morgan fingerprint density at radius 3 is 2.67 bits per heavy atom. The lowest BCUT2D eigenvalue weighted by atomic mass is 9.86. The summed E-state index contributed by atoms with van der Waals surface area (Å²) in [6.45, 7) is 6.15. The monoisotopic (exact) mass is 675 g/mol. The largest absolute Gasteiger partial charge is 0.416 e. The lowest BCUT2D eigenvalue weighted by Gasteiger charge is -2.24. The van der Waals surface area contributed by atoms with Gasteiger partial charge in [0.1, 0.15) is 27.8 Å². The summed E-state index contributed by atoms with van der Waals surface area (Å²) in [6, 6.07) is 16.9. The van der Waals surface area contributed by atoms with Crippen LogP contribution in [0.2, 0.25) is 0 Å². The highest BCUT2D eigenvalue weighted by Crippen LogP contribution is 2.33. The number of nitrogens with zero attached hydrogens (tertiary/aromatic N) is 5. The van der Waals surface area contributed by atoms with E-state index in [1.807, 2.05) is 31.2 Å². The van der Waals surface area contributed by atoms with Gasteiger partial charge in [-0.25, -0.2) is 19.9 Å². The van der Waals surface area contributed by atoms with Crippen molar-refractivity contribution in [1.82, 2.24) is 19.9 Å². The number of hydrogen-bond donors (Lipinski definition) is 3. The maximum absolute atomic E-state index is 13.1. The molecule has 13 heteroatoms. The van der Waals surface area contributed by atoms with Crippen molar-refractivity contribution in [2.24, 2.45) is 11.8 Å². The summed E-state index contributed by atoms with van der Waals surface area (Å²) >= 11 is 1.38. The second kappa shape index (κ2) is 14.2. The third-order valence-corrected chi connectivity index (χ3v) is 9.55. The third kappa shape index (κ3) is 7.91. The Morgan fingerprint density at radius 2 is 1.85 bits per heavy atom. The Labute approximate surface area is 280 Å². The van der Waals surface area contributed by atoms with E-state index in [-0.39, 0.29) is 17.9 Å². The number of carbonyl (C=O) groups is 1. The Kier molecular flexibility index (Phi) is 9.88. The average Bonchev–Trinajstić information content (AvgIpc) is 3.28. The Bertz CT molecular complexity index is 1920. The minimum absolute atomic E-state index is 0.0550. The highest BCUT2D eigenvalue weighted by Gasteiger charge is 2.30. The summed E-state index contributed by atoms with van der Waals surface area (Å²) in [6.07, 6.45) is -0.403. The van der Waals surface area contributed by atoms with E-state index in [1.54, 1.807) is 18.2 Å². The lowest BCUT2D eigenvalue weighted by molar-refractivity contribution is -0.137. The molecule has 0 radical (unpaired) electrons. The van der Waals surface area contributed by atoms with Gasteiger partial charge in [-0.2, -0.15) is 13.2 Å². The molecule has 6 rings (SSSR count). The van der Waals surface area contributed by atoms with Crippen LogP contribution in [-0.2, 0) is 6.18 Å². The number of aryl methyl sites for hydroxylation is 1. The third-order valence-electron chi connectivity index (χ3n) is 8.67. The number of aromatic nitrogens is 4. The fourth-order valence-corrected chi connectivity index (χ4v) is 6.92. The molecule has 3 aromatic heterocycles. The molecule has 2 aromatic carbocycles. The van der Waals surface area contributed by atoms with E-state index in [1.165, 1.54) is 23.5 Å². The quantitative estimate of drug-likeness (QED) is 0.144. The predicted octanol–water partition coefficient (Wildman–Crippen LogP) is 8.10. The summed E-state index contributed by atoms with van der Waals surface area (Å²) in [5.74, 6) is 2.73. The van der Waals surface area contributed by atoms with Gasteiger partial charge >= 0.3 is 6.18 Å². The number of carbonyl (C=O) groups excluding carboxylic acids is 1. The van der Waals surface area contributed by atoms with Gasteiger partial charge in [-0.1, -0.05) is 36.5 Å². The molecule has 3 N–H and O–H groups in total. The van der Waals surface area contributed by atoms with Gasteiger partial charge in [-0.05, 0) is 86.9 Å². The first-order valence-corrected chi connectivity index (χ1v) is 16.7. The molecule has 1 fully saturated rings. The van der Waals surface area contributed by atoms with Gasteiger partial charge in [0.2, 0.25) is 0 Å². The second-order valence-electron chi connectivity index (χ2n) is 12.1. The molecule has 5 aromatic rings. The SMILES string of the molecule is Cc1nc(Nc2nc3ccc(-c4cccc(C(=O)Nc5cccc(C(F)(F)F)c5)c4)nc3s2)cc(N2CCCC(C(C)CCO)CC2)n1. The van der Waals surface area contributed by atoms with Crippen molar-refractivity contribution in [1.29, 1.82) is 0 Å². The average molecular weight is 676 g/mol. The lowest BCUT2D eigenvalue weighted by Crippen LogP contribution is -2.26. The van der Waals surface area contributed by atoms with Gasteiger partial charge in [-0.3, -0.25) is 4.79 Å². The number of nitrogens with one attached hydrogen (secondary N) is 2. The maximum Gasteiger partial charge on any atom is 0.416 e. The van der Waals surface area contributed by atoms with Crippen molar-refractivity contribution in [3.05, 3.63) is 83.7 Å². The Morgan fingerprint density at radius 1 is 1.02 bits per heavy atom. The number of amides is 1. The zero-order valence-corrected chi connectivity index (χ0v) is 27.4. The maximum atomic E-state index is 13.1. The molecule has 1 saturated heterocycles. The molecule has 0 aliphatic carbocycles. The number of hydrogen-bond acceptors (Lipinski definition) is 9. The van der Waals surface area contributed by atoms with Crippen LogP contribution in [0.4, 0.5) is 35.6 Å². The van der Waals surface area contributed by atoms with Crippen molar-refractivity contribution >= 4 is 50.0 Å². The van der Waals surface area contributed by atoms with Crippen molar-refractivity contribution in [3.63, 3.8) is 0 Å². The second-order valence-corrected chi connectivity index (χ2v) is 13.1. The molecule has 2 atom stereocenters. The molecule has 0 saturated carbocycles. The first-order valence-electron chi connectivity index (χ1n) is 15.9. The van der Waals surface area contributed by atoms with Crippen molar-refractivity contribution in [3.8, 4) is 11.3 Å². The molecular formula is C35H36F3N7O2S. The molecule has 250 valence electrons. The first kappa shape index (κ1) is 33.3. The van der Waals surface area contributed by atoms with Crippen LogP contribution in [0.1, 0.15) is 54.4 Å². The molecule has 48 heavy (non-hydrogen) atoms. The highest BCUT2D eigenvalue weighted by molar-refractivity contribution is 7.21. The standard InChI is InChI=1S/C35H36F3N7O2S/c1-21(14-17-46)23-8-5-15-45(16-13-23)31-20-30(39-22(2)40-31)44-34-43-29-12-11-28(42-33(29)48-34)24-6-3-7-25(18-24)32(47)41-27-10-4-9-26(19-27)35(36,37)38/h3-4,6-7,9-12,18-21,23,46H,5,8,13-17H2,1-2H3,(H,41,47)(H,39,40,43,44). The van der Waals surface area contributed by atoms with Crippen LogP contribution < -0.4 is 15.5 Å². The topological polar surface area (TPSA) is 116 Å². The minimum Gasteiger partial charge on any atom is -0.396 e. The van der Waals surface area contributed by atoms with Crippen LogP contribution >= 0.6 is 11.3 Å². The molecule has 1 amide bonds. The summed E-state index contributed by atoms with van der Waals surface area (Å²) in [5, 5.41) is 15.9. The number of halogens is 3. The van der Waals surface area contributed by atoms with Gasteiger partial charge in [0.15, 0.2) is 5.13 Å². The normalized spacial score (nSPS) is 16.0. The van der Waals surface area contributed by atoms with Gasteiger partial charge < -0.3 is 20.6 Å². The van der Waals surface area contributed by atoms with Crippen LogP contribution in [0.15, 0.2) is 66.7 Å². The number of thiazole rings is 1. The predicted molar refractivity (Wildman–Crippen MR) is 183 cm³/mol. The van der Waals surface area contributed by atoms with Gasteiger partial charge in [0.25, 0.3) is 5.91 Å².